The van der Waals surface area contributed by atoms with Crippen LogP contribution in [0.5, 0.6) is 0 Å². The molecule has 0 amide bonds. The molecule has 2 heterocycles. The van der Waals surface area contributed by atoms with Gasteiger partial charge in [0, 0.05) is 25.7 Å². The number of nitrogens with zero attached hydrogens (tertiary/aromatic N) is 2. The lowest BCUT2D eigenvalue weighted by molar-refractivity contribution is -0.0212. The Balaban J connectivity index is 1.92. The van der Waals surface area contributed by atoms with Crippen LogP contribution in [0.15, 0.2) is 0 Å². The largest absolute Gasteiger partial charge is 0.367 e. The van der Waals surface area contributed by atoms with E-state index in [1.165, 1.54) is 19.4 Å². The van der Waals surface area contributed by atoms with Crippen molar-refractivity contribution in [1.29, 1.82) is 5.41 Å². The van der Waals surface area contributed by atoms with Crippen molar-refractivity contribution in [1.82, 2.24) is 9.80 Å². The smallest absolute Gasteiger partial charge is 0.127 e. The minimum atomic E-state index is -0.00532. The fourth-order valence-corrected chi connectivity index (χ4v) is 2.75. The minimum Gasteiger partial charge on any atom is -0.367 e. The highest BCUT2D eigenvalue weighted by Crippen LogP contribution is 2.23. The van der Waals surface area contributed by atoms with Crippen LogP contribution in [0.1, 0.15) is 26.7 Å². The number of fused-ring (bicyclic) bond motifs is 1. The predicted octanol–water partition coefficient (Wildman–Crippen LogP) is 1.17. The van der Waals surface area contributed by atoms with Gasteiger partial charge in [0.15, 0.2) is 0 Å². The number of rotatable bonds is 3. The van der Waals surface area contributed by atoms with Crippen molar-refractivity contribution in [2.24, 2.45) is 0 Å². The molecule has 4 nitrogen and oxygen atoms in total. The first-order valence-electron chi connectivity index (χ1n) is 6.45. The summed E-state index contributed by atoms with van der Waals surface area (Å²) >= 11 is 0. The molecule has 2 atom stereocenters. The summed E-state index contributed by atoms with van der Waals surface area (Å²) in [6, 6.07) is 0.626. The number of ether oxygens (including phenoxy) is 1. The second kappa shape index (κ2) is 5.15. The van der Waals surface area contributed by atoms with Gasteiger partial charge in [-0.1, -0.05) is 0 Å². The van der Waals surface area contributed by atoms with Crippen molar-refractivity contribution in [3.63, 3.8) is 0 Å². The Morgan fingerprint density at radius 1 is 1.44 bits per heavy atom. The molecule has 0 saturated carbocycles. The highest BCUT2D eigenvalue weighted by molar-refractivity contribution is 5.84. The molecule has 1 N–H and O–H groups in total. The summed E-state index contributed by atoms with van der Waals surface area (Å²) in [5.41, 5.74) is 0. The van der Waals surface area contributed by atoms with E-state index in [-0.39, 0.29) is 6.10 Å². The van der Waals surface area contributed by atoms with Crippen LogP contribution in [-0.2, 0) is 4.74 Å². The van der Waals surface area contributed by atoms with Crippen LogP contribution in [0.3, 0.4) is 0 Å². The highest BCUT2D eigenvalue weighted by Gasteiger charge is 2.34. The number of amidine groups is 1. The third-order valence-electron chi connectivity index (χ3n) is 3.80. The molecule has 2 rings (SSSR count). The maximum atomic E-state index is 8.17. The van der Waals surface area contributed by atoms with E-state index in [4.69, 9.17) is 10.1 Å². The molecule has 2 saturated heterocycles. The fourth-order valence-electron chi connectivity index (χ4n) is 2.75. The van der Waals surface area contributed by atoms with Crippen LogP contribution < -0.4 is 0 Å². The molecule has 2 unspecified atom stereocenters. The third-order valence-corrected chi connectivity index (χ3v) is 3.80. The zero-order valence-electron chi connectivity index (χ0n) is 10.4. The standard InChI is InChI=1S/C12H23N3O/c1-3-14(4-2)12(13)11-8-15-7-5-6-10(15)9-16-11/h10-11,13H,3-9H2,1-2H3. The van der Waals surface area contributed by atoms with E-state index in [0.29, 0.717) is 11.9 Å². The molecule has 0 aliphatic carbocycles. The van der Waals surface area contributed by atoms with Gasteiger partial charge < -0.3 is 9.64 Å². The molecule has 2 fully saturated rings. The Morgan fingerprint density at radius 2 is 2.19 bits per heavy atom. The SMILES string of the molecule is CCN(CC)C(=N)C1CN2CCCC2CO1. The molecule has 0 aromatic heterocycles. The normalized spacial score (nSPS) is 30.1. The molecule has 0 bridgehead atoms. The first-order chi connectivity index (χ1) is 7.76. The van der Waals surface area contributed by atoms with Crippen LogP contribution in [0.4, 0.5) is 0 Å². The van der Waals surface area contributed by atoms with Gasteiger partial charge in [0.2, 0.25) is 0 Å². The summed E-state index contributed by atoms with van der Waals surface area (Å²) < 4.78 is 5.83. The van der Waals surface area contributed by atoms with E-state index in [0.717, 1.165) is 26.2 Å². The summed E-state index contributed by atoms with van der Waals surface area (Å²) in [6.07, 6.45) is 2.55. The Kier molecular flexibility index (Phi) is 3.82. The van der Waals surface area contributed by atoms with Gasteiger partial charge in [-0.3, -0.25) is 10.3 Å². The van der Waals surface area contributed by atoms with Crippen molar-refractivity contribution in [3.8, 4) is 0 Å². The Morgan fingerprint density at radius 3 is 2.88 bits per heavy atom. The number of hydrogen-bond acceptors (Lipinski definition) is 3. The molecular formula is C12H23N3O. The predicted molar refractivity (Wildman–Crippen MR) is 65.0 cm³/mol. The van der Waals surface area contributed by atoms with Crippen molar-refractivity contribution in [3.05, 3.63) is 0 Å². The molecule has 92 valence electrons. The lowest BCUT2D eigenvalue weighted by atomic mass is 10.1. The summed E-state index contributed by atoms with van der Waals surface area (Å²) in [4.78, 5) is 4.58. The van der Waals surface area contributed by atoms with E-state index in [9.17, 15) is 0 Å². The van der Waals surface area contributed by atoms with E-state index >= 15 is 0 Å². The maximum Gasteiger partial charge on any atom is 0.127 e. The van der Waals surface area contributed by atoms with Gasteiger partial charge in [0.05, 0.1) is 6.61 Å². The van der Waals surface area contributed by atoms with Crippen molar-refractivity contribution >= 4 is 5.84 Å². The Labute approximate surface area is 98.1 Å². The Bertz CT molecular complexity index is 253. The van der Waals surface area contributed by atoms with Crippen LogP contribution in [0.25, 0.3) is 0 Å². The second-order valence-corrected chi connectivity index (χ2v) is 4.67. The molecule has 2 aliphatic heterocycles. The van der Waals surface area contributed by atoms with Crippen LogP contribution in [0.2, 0.25) is 0 Å². The monoisotopic (exact) mass is 225 g/mol. The lowest BCUT2D eigenvalue weighted by Crippen LogP contribution is -2.52. The maximum absolute atomic E-state index is 8.17. The van der Waals surface area contributed by atoms with Gasteiger partial charge in [0.25, 0.3) is 0 Å². The van der Waals surface area contributed by atoms with Crippen LogP contribution in [0, 0.1) is 5.41 Å². The molecule has 16 heavy (non-hydrogen) atoms. The summed E-state index contributed by atoms with van der Waals surface area (Å²) in [5.74, 6) is 0.662. The molecule has 4 heteroatoms. The van der Waals surface area contributed by atoms with Gasteiger partial charge in [-0.2, -0.15) is 0 Å². The highest BCUT2D eigenvalue weighted by atomic mass is 16.5. The lowest BCUT2D eigenvalue weighted by Gasteiger charge is -2.37. The zero-order chi connectivity index (χ0) is 11.5. The van der Waals surface area contributed by atoms with E-state index in [1.807, 2.05) is 0 Å². The summed E-state index contributed by atoms with van der Waals surface area (Å²) in [7, 11) is 0. The second-order valence-electron chi connectivity index (χ2n) is 4.67. The molecule has 0 spiro atoms. The van der Waals surface area contributed by atoms with Gasteiger partial charge in [-0.15, -0.1) is 0 Å². The third kappa shape index (κ3) is 2.23. The first-order valence-corrected chi connectivity index (χ1v) is 6.45. The molecular weight excluding hydrogens is 202 g/mol. The fraction of sp³-hybridized carbons (Fsp3) is 0.917. The van der Waals surface area contributed by atoms with Gasteiger partial charge in [0.1, 0.15) is 11.9 Å². The molecule has 2 aliphatic rings. The average molecular weight is 225 g/mol. The number of nitrogens with one attached hydrogen (secondary N) is 1. The molecule has 0 aromatic rings. The topological polar surface area (TPSA) is 39.6 Å². The van der Waals surface area contributed by atoms with E-state index < -0.39 is 0 Å². The number of hydrogen-bond donors (Lipinski definition) is 1. The Hall–Kier alpha value is -0.610. The van der Waals surface area contributed by atoms with Crippen molar-refractivity contribution < 1.29 is 4.74 Å². The van der Waals surface area contributed by atoms with E-state index in [1.54, 1.807) is 0 Å². The van der Waals surface area contributed by atoms with Gasteiger partial charge >= 0.3 is 0 Å². The van der Waals surface area contributed by atoms with E-state index in [2.05, 4.69) is 23.6 Å². The van der Waals surface area contributed by atoms with Gasteiger partial charge in [-0.05, 0) is 33.2 Å². The van der Waals surface area contributed by atoms with Crippen LogP contribution >= 0.6 is 0 Å². The number of likely N-dealkylation sites (N-methyl/N-ethyl adjacent to an activating group) is 1. The van der Waals surface area contributed by atoms with Crippen LogP contribution in [-0.4, -0.2) is 60.6 Å². The quantitative estimate of drug-likeness (QED) is 0.579. The molecule has 0 radical (unpaired) electrons. The van der Waals surface area contributed by atoms with Crippen molar-refractivity contribution in [2.45, 2.75) is 38.8 Å². The summed E-state index contributed by atoms with van der Waals surface area (Å²) in [6.45, 7) is 8.92. The average Bonchev–Trinajstić information content (AvgIpc) is 2.77. The molecule has 0 aromatic carbocycles. The zero-order valence-corrected chi connectivity index (χ0v) is 10.4. The van der Waals surface area contributed by atoms with Crippen molar-refractivity contribution in [2.75, 3.05) is 32.8 Å². The van der Waals surface area contributed by atoms with Gasteiger partial charge in [-0.25, -0.2) is 0 Å². The minimum absolute atomic E-state index is 0.00532. The first kappa shape index (κ1) is 11.9. The number of morpholine rings is 1. The summed E-state index contributed by atoms with van der Waals surface area (Å²) in [5, 5.41) is 8.17.